The van der Waals surface area contributed by atoms with Gasteiger partial charge in [0.25, 0.3) is 0 Å². The van der Waals surface area contributed by atoms with Crippen LogP contribution in [0.5, 0.6) is 0 Å². The number of imidazole rings is 1. The van der Waals surface area contributed by atoms with E-state index in [-0.39, 0.29) is 17.8 Å². The number of carbonyl (C=O) groups is 2. The van der Waals surface area contributed by atoms with E-state index in [2.05, 4.69) is 33.7 Å². The van der Waals surface area contributed by atoms with Gasteiger partial charge in [-0.15, -0.1) is 0 Å². The Hall–Kier alpha value is -3.35. The molecule has 5 rings (SSSR count). The number of nitrogens with zero attached hydrogens (tertiary/aromatic N) is 4. The third kappa shape index (κ3) is 4.77. The molecule has 0 saturated carbocycles. The number of aromatic nitrogens is 2. The molecule has 1 atom stereocenters. The van der Waals surface area contributed by atoms with Crippen LogP contribution in [0.3, 0.4) is 0 Å². The van der Waals surface area contributed by atoms with Gasteiger partial charge in [0.15, 0.2) is 0 Å². The highest BCUT2D eigenvalue weighted by atomic mass is 16.5. The molecule has 0 bridgehead atoms. The van der Waals surface area contributed by atoms with Crippen LogP contribution in [0.1, 0.15) is 55.2 Å². The van der Waals surface area contributed by atoms with E-state index in [0.717, 1.165) is 54.9 Å². The van der Waals surface area contributed by atoms with Crippen molar-refractivity contribution < 1.29 is 14.3 Å². The smallest absolute Gasteiger partial charge is 0.409 e. The number of fused-ring (bicyclic) bond motifs is 3. The summed E-state index contributed by atoms with van der Waals surface area (Å²) in [5.41, 5.74) is 5.56. The number of ether oxygens (including phenoxy) is 1. The third-order valence-corrected chi connectivity index (χ3v) is 7.38. The molecule has 0 N–H and O–H groups in total. The summed E-state index contributed by atoms with van der Waals surface area (Å²) in [6.45, 7) is 5.49. The molecular weight excluding hydrogens is 440 g/mol. The number of methoxy groups -OCH3 is 1. The predicted octanol–water partition coefficient (Wildman–Crippen LogP) is 4.91. The molecule has 35 heavy (non-hydrogen) atoms. The summed E-state index contributed by atoms with van der Waals surface area (Å²) in [6, 6.07) is 14.7. The van der Waals surface area contributed by atoms with Crippen LogP contribution in [0.2, 0.25) is 0 Å². The largest absolute Gasteiger partial charge is 0.453 e. The van der Waals surface area contributed by atoms with Crippen molar-refractivity contribution in [2.45, 2.75) is 58.0 Å². The van der Waals surface area contributed by atoms with Crippen LogP contribution in [-0.4, -0.2) is 53.1 Å². The predicted molar refractivity (Wildman–Crippen MR) is 137 cm³/mol. The van der Waals surface area contributed by atoms with Crippen molar-refractivity contribution in [1.82, 2.24) is 14.5 Å². The Bertz CT molecular complexity index is 1210. The fourth-order valence-electron chi connectivity index (χ4n) is 5.59. The standard InChI is InChI=1S/C28H34N4O3/c1-20(33)17-23(21-9-5-3-6-10-21)18-32-25-12-11-22-13-16-31(28(34)35-2)19-24(22)26(25)29-27(32)30-14-7-4-8-15-30/h3,5-6,9-12,23H,4,7-8,13-19H2,1-2H3/t23-/m0/s1. The van der Waals surface area contributed by atoms with Gasteiger partial charge >= 0.3 is 6.09 Å². The first-order valence-corrected chi connectivity index (χ1v) is 12.7. The Balaban J connectivity index is 1.61. The molecular formula is C28H34N4O3. The minimum Gasteiger partial charge on any atom is -0.453 e. The summed E-state index contributed by atoms with van der Waals surface area (Å²) >= 11 is 0. The first-order chi connectivity index (χ1) is 17.0. The number of carbonyl (C=O) groups excluding carboxylic acids is 2. The van der Waals surface area contributed by atoms with Crippen molar-refractivity contribution in [3.05, 3.63) is 59.2 Å². The van der Waals surface area contributed by atoms with E-state index in [1.165, 1.54) is 24.7 Å². The zero-order valence-corrected chi connectivity index (χ0v) is 20.7. The second-order valence-corrected chi connectivity index (χ2v) is 9.80. The first-order valence-electron chi connectivity index (χ1n) is 12.7. The minimum absolute atomic E-state index is 0.0669. The van der Waals surface area contributed by atoms with E-state index < -0.39 is 0 Å². The number of hydrogen-bond acceptors (Lipinski definition) is 5. The summed E-state index contributed by atoms with van der Waals surface area (Å²) in [7, 11) is 1.43. The molecule has 2 aliphatic rings. The van der Waals surface area contributed by atoms with Gasteiger partial charge in [-0.3, -0.25) is 0 Å². The highest BCUT2D eigenvalue weighted by molar-refractivity contribution is 5.84. The summed E-state index contributed by atoms with van der Waals surface area (Å²) in [5, 5.41) is 0. The Labute approximate surface area is 206 Å². The van der Waals surface area contributed by atoms with Crippen LogP contribution in [0.4, 0.5) is 10.7 Å². The Morgan fingerprint density at radius 1 is 1.03 bits per heavy atom. The molecule has 1 amide bonds. The highest BCUT2D eigenvalue weighted by Crippen LogP contribution is 2.34. The molecule has 0 unspecified atom stereocenters. The van der Waals surface area contributed by atoms with Crippen molar-refractivity contribution in [2.24, 2.45) is 0 Å². The monoisotopic (exact) mass is 474 g/mol. The fourth-order valence-corrected chi connectivity index (χ4v) is 5.59. The number of hydrogen-bond donors (Lipinski definition) is 0. The highest BCUT2D eigenvalue weighted by Gasteiger charge is 2.28. The van der Waals surface area contributed by atoms with Crippen molar-refractivity contribution in [1.29, 1.82) is 0 Å². The summed E-state index contributed by atoms with van der Waals surface area (Å²) in [4.78, 5) is 33.9. The van der Waals surface area contributed by atoms with Crippen LogP contribution in [-0.2, 0) is 29.0 Å². The zero-order chi connectivity index (χ0) is 24.4. The van der Waals surface area contributed by atoms with Gasteiger partial charge in [0.1, 0.15) is 5.78 Å². The lowest BCUT2D eigenvalue weighted by molar-refractivity contribution is -0.117. The zero-order valence-electron chi connectivity index (χ0n) is 20.7. The van der Waals surface area contributed by atoms with E-state index in [4.69, 9.17) is 9.72 Å². The second kappa shape index (κ2) is 10.1. The number of ketones is 1. The maximum absolute atomic E-state index is 12.3. The van der Waals surface area contributed by atoms with Gasteiger partial charge in [-0.2, -0.15) is 0 Å². The lowest BCUT2D eigenvalue weighted by Crippen LogP contribution is -2.35. The molecule has 1 saturated heterocycles. The van der Waals surface area contributed by atoms with E-state index in [1.54, 1.807) is 11.8 Å². The minimum atomic E-state index is -0.297. The van der Waals surface area contributed by atoms with Crippen LogP contribution in [0.15, 0.2) is 42.5 Å². The first kappa shape index (κ1) is 23.4. The van der Waals surface area contributed by atoms with Crippen LogP contribution >= 0.6 is 0 Å². The molecule has 3 aromatic rings. The number of Topliss-reactive ketones (excluding diaryl/α,β-unsaturated/α-hetero) is 1. The molecule has 7 heteroatoms. The molecule has 1 aromatic heterocycles. The SMILES string of the molecule is COC(=O)N1CCc2ccc3c(nc(N4CCCCC4)n3C[C@H](CC(C)=O)c3ccccc3)c2C1. The normalized spacial score (nSPS) is 16.7. The van der Waals surface area contributed by atoms with Gasteiger partial charge in [-0.1, -0.05) is 36.4 Å². The molecule has 0 aliphatic carbocycles. The lowest BCUT2D eigenvalue weighted by Gasteiger charge is -2.29. The maximum Gasteiger partial charge on any atom is 0.409 e. The molecule has 2 aliphatic heterocycles. The quantitative estimate of drug-likeness (QED) is 0.508. The molecule has 0 spiro atoms. The number of rotatable bonds is 6. The van der Waals surface area contributed by atoms with E-state index in [1.807, 2.05) is 18.2 Å². The van der Waals surface area contributed by atoms with Gasteiger partial charge < -0.3 is 23.9 Å². The Morgan fingerprint density at radius 3 is 2.51 bits per heavy atom. The van der Waals surface area contributed by atoms with Gasteiger partial charge in [0.2, 0.25) is 5.95 Å². The number of benzene rings is 2. The lowest BCUT2D eigenvalue weighted by atomic mass is 9.93. The topological polar surface area (TPSA) is 67.7 Å². The van der Waals surface area contributed by atoms with E-state index >= 15 is 0 Å². The Kier molecular flexibility index (Phi) is 6.75. The molecule has 1 fully saturated rings. The number of anilines is 1. The van der Waals surface area contributed by atoms with E-state index in [0.29, 0.717) is 26.1 Å². The van der Waals surface area contributed by atoms with Crippen LogP contribution < -0.4 is 4.90 Å². The molecule has 3 heterocycles. The van der Waals surface area contributed by atoms with Crippen LogP contribution in [0.25, 0.3) is 11.0 Å². The molecule has 184 valence electrons. The molecule has 7 nitrogen and oxygen atoms in total. The van der Waals surface area contributed by atoms with Crippen molar-refractivity contribution in [3.63, 3.8) is 0 Å². The third-order valence-electron chi connectivity index (χ3n) is 7.38. The van der Waals surface area contributed by atoms with Crippen molar-refractivity contribution >= 4 is 28.9 Å². The van der Waals surface area contributed by atoms with Gasteiger partial charge in [-0.05, 0) is 49.8 Å². The molecule has 0 radical (unpaired) electrons. The number of piperidine rings is 1. The van der Waals surface area contributed by atoms with Gasteiger partial charge in [0.05, 0.1) is 24.7 Å². The average Bonchev–Trinajstić information content (AvgIpc) is 3.27. The van der Waals surface area contributed by atoms with Crippen LogP contribution in [0, 0.1) is 0 Å². The Morgan fingerprint density at radius 2 is 1.80 bits per heavy atom. The molecule has 2 aromatic carbocycles. The maximum atomic E-state index is 12.3. The second-order valence-electron chi connectivity index (χ2n) is 9.80. The summed E-state index contributed by atoms with van der Waals surface area (Å²) in [6.07, 6.45) is 4.55. The summed E-state index contributed by atoms with van der Waals surface area (Å²) < 4.78 is 7.32. The van der Waals surface area contributed by atoms with Gasteiger partial charge in [0, 0.05) is 44.1 Å². The average molecular weight is 475 g/mol. The van der Waals surface area contributed by atoms with Gasteiger partial charge in [-0.25, -0.2) is 9.78 Å². The number of amides is 1. The van der Waals surface area contributed by atoms with Crippen molar-refractivity contribution in [2.75, 3.05) is 31.6 Å². The summed E-state index contributed by atoms with van der Waals surface area (Å²) in [5.74, 6) is 1.24. The van der Waals surface area contributed by atoms with E-state index in [9.17, 15) is 9.59 Å². The van der Waals surface area contributed by atoms with Crippen molar-refractivity contribution in [3.8, 4) is 0 Å². The fraction of sp³-hybridized carbons (Fsp3) is 0.464.